The van der Waals surface area contributed by atoms with Gasteiger partial charge in [-0.1, -0.05) is 109 Å². The molecule has 244 valence electrons. The molecule has 9 rings (SSSR count). The Morgan fingerprint density at radius 3 is 1.71 bits per heavy atom. The van der Waals surface area contributed by atoms with Crippen LogP contribution in [0, 0.1) is 11.3 Å². The molecule has 0 aliphatic heterocycles. The van der Waals surface area contributed by atoms with Gasteiger partial charge < -0.3 is 9.47 Å². The highest BCUT2D eigenvalue weighted by atomic mass is 15.1. The average Bonchev–Trinajstić information content (AvgIpc) is 3.56. The zero-order chi connectivity index (χ0) is 34.9. The number of benzene rings is 7. The van der Waals surface area contributed by atoms with Gasteiger partial charge in [-0.3, -0.25) is 0 Å². The lowest BCUT2D eigenvalue weighted by molar-refractivity contribution is 1.17. The molecule has 7 aromatic carbocycles. The Bertz CT molecular complexity index is 2690. The Balaban J connectivity index is 1.29. The van der Waals surface area contributed by atoms with Crippen molar-refractivity contribution >= 4 is 38.9 Å². The summed E-state index contributed by atoms with van der Waals surface area (Å²) in [7, 11) is 0. The van der Waals surface area contributed by atoms with Crippen LogP contribution in [-0.2, 0) is 0 Å². The van der Waals surface area contributed by atoms with Crippen LogP contribution in [0.25, 0.3) is 61.1 Å². The van der Waals surface area contributed by atoms with Crippen molar-refractivity contribution in [2.45, 2.75) is 0 Å². The second-order valence-electron chi connectivity index (χ2n) is 12.8. The molecule has 9 aromatic rings. The Hall–Kier alpha value is -7.22. The average molecular weight is 665 g/mol. The van der Waals surface area contributed by atoms with E-state index < -0.39 is 0 Å². The number of aromatic nitrogens is 2. The van der Waals surface area contributed by atoms with Crippen molar-refractivity contribution in [1.82, 2.24) is 9.55 Å². The predicted molar refractivity (Wildman–Crippen MR) is 214 cm³/mol. The smallest absolute Gasteiger partial charge is 0.0991 e. The lowest BCUT2D eigenvalue weighted by Gasteiger charge is -2.25. The van der Waals surface area contributed by atoms with Crippen molar-refractivity contribution in [3.05, 3.63) is 200 Å². The molecule has 0 fully saturated rings. The molecule has 2 heterocycles. The van der Waals surface area contributed by atoms with E-state index in [9.17, 15) is 5.26 Å². The van der Waals surface area contributed by atoms with E-state index in [-0.39, 0.29) is 0 Å². The summed E-state index contributed by atoms with van der Waals surface area (Å²) < 4.78 is 2.38. The van der Waals surface area contributed by atoms with Crippen LogP contribution >= 0.6 is 0 Å². The van der Waals surface area contributed by atoms with Crippen LogP contribution in [0.1, 0.15) is 5.56 Å². The molecular weight excluding hydrogens is 633 g/mol. The molecule has 0 radical (unpaired) electrons. The summed E-state index contributed by atoms with van der Waals surface area (Å²) in [5, 5.41) is 11.9. The number of anilines is 3. The SMILES string of the molecule is N#Cc1ccc(-c2cc(-c3cccc(-c4ccccc4)n3)cc(-n3c4ccccc4c4ccc(N(c5ccccc5)c5ccccc5)cc43)c2)cc1. The fraction of sp³-hybridized carbons (Fsp3) is 0. The normalized spacial score (nSPS) is 11.1. The van der Waals surface area contributed by atoms with Crippen LogP contribution in [0.5, 0.6) is 0 Å². The molecule has 0 bridgehead atoms. The molecule has 52 heavy (non-hydrogen) atoms. The first kappa shape index (κ1) is 30.8. The Morgan fingerprint density at radius 2 is 1.02 bits per heavy atom. The highest BCUT2D eigenvalue weighted by Gasteiger charge is 2.18. The standard InChI is InChI=1S/C48H32N4/c49-33-34-23-25-35(26-24-34)37-29-38(46-21-12-20-45(50-46)36-13-4-1-5-14-36)31-42(30-37)52-47-22-11-10-19-43(47)44-28-27-41(32-48(44)52)51(39-15-6-2-7-16-39)40-17-8-3-9-18-40/h1-32H. The molecule has 0 aliphatic carbocycles. The van der Waals surface area contributed by atoms with Gasteiger partial charge in [0, 0.05) is 44.6 Å². The van der Waals surface area contributed by atoms with E-state index in [0.29, 0.717) is 5.56 Å². The number of fused-ring (bicyclic) bond motifs is 3. The van der Waals surface area contributed by atoms with Gasteiger partial charge in [0.25, 0.3) is 0 Å². The largest absolute Gasteiger partial charge is 0.310 e. The number of nitrogens with zero attached hydrogens (tertiary/aromatic N) is 4. The number of pyridine rings is 1. The maximum absolute atomic E-state index is 9.52. The highest BCUT2D eigenvalue weighted by molar-refractivity contribution is 6.10. The van der Waals surface area contributed by atoms with Crippen molar-refractivity contribution in [1.29, 1.82) is 5.26 Å². The number of hydrogen-bond acceptors (Lipinski definition) is 3. The van der Waals surface area contributed by atoms with Crippen LogP contribution in [0.2, 0.25) is 0 Å². The summed E-state index contributed by atoms with van der Waals surface area (Å²) in [5.74, 6) is 0. The second kappa shape index (κ2) is 13.2. The fourth-order valence-corrected chi connectivity index (χ4v) is 7.13. The lowest BCUT2D eigenvalue weighted by atomic mass is 9.99. The number of nitriles is 1. The minimum Gasteiger partial charge on any atom is -0.310 e. The minimum absolute atomic E-state index is 0.633. The minimum atomic E-state index is 0.633. The number of rotatable bonds is 7. The van der Waals surface area contributed by atoms with Crippen molar-refractivity contribution in [2.24, 2.45) is 0 Å². The van der Waals surface area contributed by atoms with E-state index in [4.69, 9.17) is 4.98 Å². The zero-order valence-electron chi connectivity index (χ0n) is 28.3. The molecule has 0 saturated heterocycles. The van der Waals surface area contributed by atoms with E-state index in [1.165, 1.54) is 10.8 Å². The summed E-state index contributed by atoms with van der Waals surface area (Å²) >= 11 is 0. The monoisotopic (exact) mass is 664 g/mol. The van der Waals surface area contributed by atoms with Gasteiger partial charge in [-0.05, 0) is 96.1 Å². The Labute approximate surface area is 302 Å². The lowest BCUT2D eigenvalue weighted by Crippen LogP contribution is -2.09. The Kier molecular flexibility index (Phi) is 7.85. The van der Waals surface area contributed by atoms with Crippen molar-refractivity contribution < 1.29 is 0 Å². The van der Waals surface area contributed by atoms with E-state index in [0.717, 1.165) is 67.4 Å². The van der Waals surface area contributed by atoms with Gasteiger partial charge in [0.05, 0.1) is 34.1 Å². The maximum Gasteiger partial charge on any atom is 0.0991 e. The summed E-state index contributed by atoms with van der Waals surface area (Å²) in [6.45, 7) is 0. The topological polar surface area (TPSA) is 44.9 Å². The van der Waals surface area contributed by atoms with E-state index >= 15 is 0 Å². The van der Waals surface area contributed by atoms with Crippen LogP contribution in [-0.4, -0.2) is 9.55 Å². The molecule has 0 aliphatic rings. The third kappa shape index (κ3) is 5.67. The van der Waals surface area contributed by atoms with Gasteiger partial charge >= 0.3 is 0 Å². The summed E-state index contributed by atoms with van der Waals surface area (Å²) in [6, 6.07) is 69.7. The first-order chi connectivity index (χ1) is 25.7. The van der Waals surface area contributed by atoms with Gasteiger partial charge in [-0.2, -0.15) is 5.26 Å². The molecule has 4 heteroatoms. The second-order valence-corrected chi connectivity index (χ2v) is 12.8. The van der Waals surface area contributed by atoms with Gasteiger partial charge in [-0.15, -0.1) is 0 Å². The van der Waals surface area contributed by atoms with Crippen LogP contribution in [0.3, 0.4) is 0 Å². The molecule has 0 atom stereocenters. The molecule has 4 nitrogen and oxygen atoms in total. The molecule has 2 aromatic heterocycles. The molecule has 0 unspecified atom stereocenters. The van der Waals surface area contributed by atoms with Gasteiger partial charge in [0.1, 0.15) is 0 Å². The van der Waals surface area contributed by atoms with Crippen molar-refractivity contribution in [2.75, 3.05) is 4.90 Å². The molecule has 0 amide bonds. The summed E-state index contributed by atoms with van der Waals surface area (Å²) in [4.78, 5) is 7.47. The van der Waals surface area contributed by atoms with E-state index in [2.05, 4.69) is 167 Å². The first-order valence-corrected chi connectivity index (χ1v) is 17.4. The Morgan fingerprint density at radius 1 is 0.423 bits per heavy atom. The zero-order valence-corrected chi connectivity index (χ0v) is 28.3. The first-order valence-electron chi connectivity index (χ1n) is 17.4. The maximum atomic E-state index is 9.52. The van der Waals surface area contributed by atoms with Crippen molar-refractivity contribution in [3.8, 4) is 45.4 Å². The third-order valence-corrected chi connectivity index (χ3v) is 9.58. The predicted octanol–water partition coefficient (Wildman–Crippen LogP) is 12.5. The van der Waals surface area contributed by atoms with Crippen LogP contribution in [0.15, 0.2) is 194 Å². The molecule has 0 N–H and O–H groups in total. The third-order valence-electron chi connectivity index (χ3n) is 9.58. The van der Waals surface area contributed by atoms with E-state index in [1.54, 1.807) is 0 Å². The van der Waals surface area contributed by atoms with Gasteiger partial charge in [0.15, 0.2) is 0 Å². The fourth-order valence-electron chi connectivity index (χ4n) is 7.13. The molecule has 0 saturated carbocycles. The summed E-state index contributed by atoms with van der Waals surface area (Å²) in [6.07, 6.45) is 0. The van der Waals surface area contributed by atoms with Gasteiger partial charge in [0.2, 0.25) is 0 Å². The quantitative estimate of drug-likeness (QED) is 0.170. The summed E-state index contributed by atoms with van der Waals surface area (Å²) in [5.41, 5.74) is 13.1. The number of para-hydroxylation sites is 3. The van der Waals surface area contributed by atoms with Crippen LogP contribution in [0.4, 0.5) is 17.1 Å². The van der Waals surface area contributed by atoms with Gasteiger partial charge in [-0.25, -0.2) is 4.98 Å². The number of hydrogen-bond donors (Lipinski definition) is 0. The van der Waals surface area contributed by atoms with E-state index in [1.807, 2.05) is 42.5 Å². The van der Waals surface area contributed by atoms with Crippen molar-refractivity contribution in [3.63, 3.8) is 0 Å². The molecular formula is C48H32N4. The van der Waals surface area contributed by atoms with Crippen LogP contribution < -0.4 is 4.90 Å². The highest BCUT2D eigenvalue weighted by Crippen LogP contribution is 2.40. The molecule has 0 spiro atoms.